The molecule has 1 aromatic carbocycles. The van der Waals surface area contributed by atoms with Crippen molar-refractivity contribution < 1.29 is 5.11 Å². The summed E-state index contributed by atoms with van der Waals surface area (Å²) in [6, 6.07) is 7.93. The SMILES string of the molecule is CCC(O)CSc1nc2ccccc2[nH]1. The monoisotopic (exact) mass is 222 g/mol. The molecule has 0 radical (unpaired) electrons. The summed E-state index contributed by atoms with van der Waals surface area (Å²) in [7, 11) is 0. The predicted molar refractivity (Wildman–Crippen MR) is 63.1 cm³/mol. The number of aliphatic hydroxyl groups excluding tert-OH is 1. The zero-order valence-corrected chi connectivity index (χ0v) is 9.42. The summed E-state index contributed by atoms with van der Waals surface area (Å²) in [6.45, 7) is 1.98. The molecule has 1 heterocycles. The average molecular weight is 222 g/mol. The van der Waals surface area contributed by atoms with Crippen LogP contribution in [0.3, 0.4) is 0 Å². The average Bonchev–Trinajstić information content (AvgIpc) is 2.68. The normalized spacial score (nSPS) is 13.2. The minimum atomic E-state index is -0.247. The number of H-pyrrole nitrogens is 1. The van der Waals surface area contributed by atoms with Crippen LogP contribution < -0.4 is 0 Å². The second-order valence-electron chi connectivity index (χ2n) is 3.43. The van der Waals surface area contributed by atoms with Gasteiger partial charge < -0.3 is 10.1 Å². The molecule has 0 amide bonds. The Balaban J connectivity index is 2.09. The lowest BCUT2D eigenvalue weighted by molar-refractivity contribution is 0.195. The van der Waals surface area contributed by atoms with Gasteiger partial charge in [-0.2, -0.15) is 0 Å². The fraction of sp³-hybridized carbons (Fsp3) is 0.364. The Labute approximate surface area is 92.9 Å². The van der Waals surface area contributed by atoms with E-state index < -0.39 is 0 Å². The summed E-state index contributed by atoms with van der Waals surface area (Å²) in [4.78, 5) is 7.63. The van der Waals surface area contributed by atoms with Gasteiger partial charge in [-0.3, -0.25) is 0 Å². The molecule has 1 atom stereocenters. The van der Waals surface area contributed by atoms with Crippen molar-refractivity contribution in [2.75, 3.05) is 5.75 Å². The van der Waals surface area contributed by atoms with Crippen molar-refractivity contribution in [1.29, 1.82) is 0 Å². The second-order valence-corrected chi connectivity index (χ2v) is 4.44. The van der Waals surface area contributed by atoms with Crippen LogP contribution in [0.25, 0.3) is 11.0 Å². The van der Waals surface area contributed by atoms with Gasteiger partial charge in [0.1, 0.15) is 0 Å². The number of para-hydroxylation sites is 2. The van der Waals surface area contributed by atoms with Gasteiger partial charge in [-0.1, -0.05) is 30.8 Å². The van der Waals surface area contributed by atoms with Crippen LogP contribution in [0, 0.1) is 0 Å². The van der Waals surface area contributed by atoms with E-state index >= 15 is 0 Å². The van der Waals surface area contributed by atoms with Crippen LogP contribution in [-0.2, 0) is 0 Å². The molecule has 0 aliphatic rings. The predicted octanol–water partition coefficient (Wildman–Crippen LogP) is 2.43. The second kappa shape index (κ2) is 4.68. The van der Waals surface area contributed by atoms with Crippen LogP contribution >= 0.6 is 11.8 Å². The van der Waals surface area contributed by atoms with E-state index in [9.17, 15) is 5.11 Å². The number of hydrogen-bond donors (Lipinski definition) is 2. The van der Waals surface area contributed by atoms with Crippen LogP contribution in [0.2, 0.25) is 0 Å². The molecule has 2 rings (SSSR count). The standard InChI is InChI=1S/C11H14N2OS/c1-2-8(14)7-15-11-12-9-5-3-4-6-10(9)13-11/h3-6,8,14H,2,7H2,1H3,(H,12,13). The Morgan fingerprint density at radius 3 is 3.00 bits per heavy atom. The maximum absolute atomic E-state index is 9.43. The maximum atomic E-state index is 9.43. The van der Waals surface area contributed by atoms with Crippen molar-refractivity contribution in [2.24, 2.45) is 0 Å². The number of fused-ring (bicyclic) bond motifs is 1. The number of imidazole rings is 1. The number of aliphatic hydroxyl groups is 1. The molecule has 3 nitrogen and oxygen atoms in total. The first-order chi connectivity index (χ1) is 7.29. The van der Waals surface area contributed by atoms with E-state index in [1.807, 2.05) is 31.2 Å². The van der Waals surface area contributed by atoms with E-state index in [-0.39, 0.29) is 6.10 Å². The van der Waals surface area contributed by atoms with Crippen LogP contribution in [0.15, 0.2) is 29.4 Å². The third-order valence-corrected chi connectivity index (χ3v) is 3.27. The molecule has 1 aromatic heterocycles. The van der Waals surface area contributed by atoms with Crippen molar-refractivity contribution in [3.8, 4) is 0 Å². The number of hydrogen-bond acceptors (Lipinski definition) is 3. The first-order valence-electron chi connectivity index (χ1n) is 5.05. The Morgan fingerprint density at radius 2 is 2.27 bits per heavy atom. The van der Waals surface area contributed by atoms with Gasteiger partial charge in [0.15, 0.2) is 5.16 Å². The maximum Gasteiger partial charge on any atom is 0.166 e. The summed E-state index contributed by atoms with van der Waals surface area (Å²) >= 11 is 1.56. The molecule has 0 spiro atoms. The molecule has 80 valence electrons. The minimum absolute atomic E-state index is 0.247. The van der Waals surface area contributed by atoms with Gasteiger partial charge in [-0.05, 0) is 18.6 Å². The van der Waals surface area contributed by atoms with Crippen molar-refractivity contribution in [1.82, 2.24) is 9.97 Å². The van der Waals surface area contributed by atoms with Crippen molar-refractivity contribution in [2.45, 2.75) is 24.6 Å². The van der Waals surface area contributed by atoms with Crippen LogP contribution in [-0.4, -0.2) is 26.9 Å². The quantitative estimate of drug-likeness (QED) is 0.781. The number of nitrogens with zero attached hydrogens (tertiary/aromatic N) is 1. The molecule has 0 saturated carbocycles. The smallest absolute Gasteiger partial charge is 0.166 e. The van der Waals surface area contributed by atoms with E-state index in [1.54, 1.807) is 11.8 Å². The van der Waals surface area contributed by atoms with Crippen LogP contribution in [0.1, 0.15) is 13.3 Å². The van der Waals surface area contributed by atoms with Crippen LogP contribution in [0.5, 0.6) is 0 Å². The molecule has 0 bridgehead atoms. The van der Waals surface area contributed by atoms with Gasteiger partial charge in [-0.25, -0.2) is 4.98 Å². The summed E-state index contributed by atoms with van der Waals surface area (Å²) in [5.74, 6) is 0.691. The molecule has 4 heteroatoms. The summed E-state index contributed by atoms with van der Waals surface area (Å²) in [5.41, 5.74) is 2.02. The van der Waals surface area contributed by atoms with Gasteiger partial charge in [0.2, 0.25) is 0 Å². The molecular formula is C11H14N2OS. The number of rotatable bonds is 4. The third-order valence-electron chi connectivity index (χ3n) is 2.25. The molecule has 0 aliphatic carbocycles. The lowest BCUT2D eigenvalue weighted by atomic mass is 10.3. The Kier molecular flexibility index (Phi) is 3.28. The fourth-order valence-electron chi connectivity index (χ4n) is 1.29. The molecule has 0 fully saturated rings. The van der Waals surface area contributed by atoms with E-state index in [0.717, 1.165) is 22.6 Å². The number of benzene rings is 1. The largest absolute Gasteiger partial charge is 0.392 e. The van der Waals surface area contributed by atoms with Crippen molar-refractivity contribution in [3.05, 3.63) is 24.3 Å². The molecular weight excluding hydrogens is 208 g/mol. The molecule has 2 N–H and O–H groups in total. The zero-order chi connectivity index (χ0) is 10.7. The van der Waals surface area contributed by atoms with Crippen molar-refractivity contribution in [3.63, 3.8) is 0 Å². The lowest BCUT2D eigenvalue weighted by Crippen LogP contribution is -2.07. The van der Waals surface area contributed by atoms with Gasteiger partial charge in [0, 0.05) is 5.75 Å². The van der Waals surface area contributed by atoms with E-state index in [4.69, 9.17) is 0 Å². The minimum Gasteiger partial charge on any atom is -0.392 e. The highest BCUT2D eigenvalue weighted by molar-refractivity contribution is 7.99. The lowest BCUT2D eigenvalue weighted by Gasteiger charge is -2.03. The summed E-state index contributed by atoms with van der Waals surface area (Å²) in [5, 5.41) is 10.3. The number of nitrogens with one attached hydrogen (secondary N) is 1. The highest BCUT2D eigenvalue weighted by atomic mass is 32.2. The van der Waals surface area contributed by atoms with Gasteiger partial charge >= 0.3 is 0 Å². The summed E-state index contributed by atoms with van der Waals surface area (Å²) < 4.78 is 0. The molecule has 1 unspecified atom stereocenters. The number of aromatic amines is 1. The fourth-order valence-corrected chi connectivity index (χ4v) is 2.22. The van der Waals surface area contributed by atoms with E-state index in [1.165, 1.54) is 0 Å². The molecule has 0 saturated heterocycles. The molecule has 0 aliphatic heterocycles. The number of thioether (sulfide) groups is 1. The Hall–Kier alpha value is -1.00. The Bertz CT molecular complexity index is 408. The highest BCUT2D eigenvalue weighted by Gasteiger charge is 2.05. The molecule has 2 aromatic rings. The topological polar surface area (TPSA) is 48.9 Å². The van der Waals surface area contributed by atoms with E-state index in [2.05, 4.69) is 9.97 Å². The summed E-state index contributed by atoms with van der Waals surface area (Å²) in [6.07, 6.45) is 0.538. The zero-order valence-electron chi connectivity index (χ0n) is 8.60. The van der Waals surface area contributed by atoms with Gasteiger partial charge in [-0.15, -0.1) is 0 Å². The van der Waals surface area contributed by atoms with Crippen LogP contribution in [0.4, 0.5) is 0 Å². The van der Waals surface area contributed by atoms with Gasteiger partial charge in [0.25, 0.3) is 0 Å². The highest BCUT2D eigenvalue weighted by Crippen LogP contribution is 2.20. The van der Waals surface area contributed by atoms with E-state index in [0.29, 0.717) is 5.75 Å². The first kappa shape index (κ1) is 10.5. The van der Waals surface area contributed by atoms with Gasteiger partial charge in [0.05, 0.1) is 17.1 Å². The first-order valence-corrected chi connectivity index (χ1v) is 6.03. The van der Waals surface area contributed by atoms with Crippen molar-refractivity contribution >= 4 is 22.8 Å². The molecule has 15 heavy (non-hydrogen) atoms. The Morgan fingerprint density at radius 1 is 1.47 bits per heavy atom. The number of aromatic nitrogens is 2. The third kappa shape index (κ3) is 2.52.